The van der Waals surface area contributed by atoms with Crippen molar-refractivity contribution in [2.24, 2.45) is 0 Å². The zero-order chi connectivity index (χ0) is 12.3. The maximum atomic E-state index is 11.4. The number of carboxylic acids is 1. The van der Waals surface area contributed by atoms with Crippen LogP contribution in [0.1, 0.15) is 12.8 Å². The third-order valence-electron chi connectivity index (χ3n) is 2.73. The van der Waals surface area contributed by atoms with Gasteiger partial charge in [-0.1, -0.05) is 6.08 Å². The summed E-state index contributed by atoms with van der Waals surface area (Å²) >= 11 is 0. The van der Waals surface area contributed by atoms with Crippen LogP contribution in [0.15, 0.2) is 12.2 Å². The van der Waals surface area contributed by atoms with Crippen LogP contribution in [0.3, 0.4) is 0 Å². The number of carbonyl (C=O) groups excluding carboxylic acids is 1. The number of carbonyl (C=O) groups is 2. The summed E-state index contributed by atoms with van der Waals surface area (Å²) in [7, 11) is 0. The van der Waals surface area contributed by atoms with E-state index in [4.69, 9.17) is 19.3 Å². The maximum absolute atomic E-state index is 11.4. The molecule has 0 saturated carbocycles. The standard InChI is InChI=1S/C11H14O6/c12-9(13)2-1-3-10(14)17-8-6-16-7-4-5-15-11(7)8/h1,3,7-8,11H,2,4-6H2,(H,12,13). The highest BCUT2D eigenvalue weighted by Gasteiger charge is 2.43. The van der Waals surface area contributed by atoms with Crippen LogP contribution in [0.25, 0.3) is 0 Å². The van der Waals surface area contributed by atoms with Crippen LogP contribution < -0.4 is 0 Å². The van der Waals surface area contributed by atoms with E-state index in [9.17, 15) is 9.59 Å². The van der Waals surface area contributed by atoms with Gasteiger partial charge in [0, 0.05) is 12.7 Å². The van der Waals surface area contributed by atoms with Crippen molar-refractivity contribution in [1.82, 2.24) is 0 Å². The van der Waals surface area contributed by atoms with Crippen LogP contribution in [0.4, 0.5) is 0 Å². The highest BCUT2D eigenvalue weighted by Crippen LogP contribution is 2.28. The fourth-order valence-electron chi connectivity index (χ4n) is 1.98. The Kier molecular flexibility index (Phi) is 3.75. The summed E-state index contributed by atoms with van der Waals surface area (Å²) in [6.45, 7) is 0.964. The van der Waals surface area contributed by atoms with Gasteiger partial charge >= 0.3 is 11.9 Å². The number of ether oxygens (including phenoxy) is 3. The zero-order valence-corrected chi connectivity index (χ0v) is 9.20. The lowest BCUT2D eigenvalue weighted by Crippen LogP contribution is -2.31. The van der Waals surface area contributed by atoms with E-state index in [1.54, 1.807) is 0 Å². The molecular weight excluding hydrogens is 228 g/mol. The average molecular weight is 242 g/mol. The Balaban J connectivity index is 1.79. The van der Waals surface area contributed by atoms with Gasteiger partial charge in [0.25, 0.3) is 0 Å². The molecule has 2 rings (SSSR count). The summed E-state index contributed by atoms with van der Waals surface area (Å²) in [5.41, 5.74) is 0. The third kappa shape index (κ3) is 3.04. The number of carboxylic acid groups (broad SMARTS) is 1. The molecule has 2 heterocycles. The summed E-state index contributed by atoms with van der Waals surface area (Å²) in [5, 5.41) is 8.39. The third-order valence-corrected chi connectivity index (χ3v) is 2.73. The molecule has 0 bridgehead atoms. The molecule has 6 nitrogen and oxygen atoms in total. The topological polar surface area (TPSA) is 82.1 Å². The molecular formula is C11H14O6. The van der Waals surface area contributed by atoms with Gasteiger partial charge in [-0.3, -0.25) is 4.79 Å². The molecule has 0 spiro atoms. The van der Waals surface area contributed by atoms with Crippen molar-refractivity contribution < 1.29 is 28.9 Å². The van der Waals surface area contributed by atoms with Gasteiger partial charge in [0.1, 0.15) is 6.10 Å². The predicted octanol–water partition coefficient (Wildman–Crippen LogP) is 0.117. The fraction of sp³-hybridized carbons (Fsp3) is 0.636. The quantitative estimate of drug-likeness (QED) is 0.557. The van der Waals surface area contributed by atoms with E-state index < -0.39 is 11.9 Å². The number of hydrogen-bond donors (Lipinski definition) is 1. The molecule has 0 aliphatic carbocycles. The van der Waals surface area contributed by atoms with Crippen LogP contribution in [0.5, 0.6) is 0 Å². The van der Waals surface area contributed by atoms with E-state index in [1.807, 2.05) is 0 Å². The first kappa shape index (κ1) is 12.1. The van der Waals surface area contributed by atoms with Crippen LogP contribution in [-0.4, -0.2) is 48.6 Å². The highest BCUT2D eigenvalue weighted by molar-refractivity contribution is 5.83. The monoisotopic (exact) mass is 242 g/mol. The van der Waals surface area contributed by atoms with Crippen molar-refractivity contribution in [1.29, 1.82) is 0 Å². The first-order valence-corrected chi connectivity index (χ1v) is 5.49. The molecule has 2 saturated heterocycles. The molecule has 0 aromatic carbocycles. The molecule has 94 valence electrons. The number of aliphatic carboxylic acids is 1. The van der Waals surface area contributed by atoms with Crippen LogP contribution >= 0.6 is 0 Å². The normalized spacial score (nSPS) is 31.6. The molecule has 6 heteroatoms. The lowest BCUT2D eigenvalue weighted by atomic mass is 10.1. The Bertz CT molecular complexity index is 337. The van der Waals surface area contributed by atoms with Gasteiger partial charge in [0.2, 0.25) is 0 Å². The van der Waals surface area contributed by atoms with E-state index in [2.05, 4.69) is 0 Å². The molecule has 0 aromatic rings. The summed E-state index contributed by atoms with van der Waals surface area (Å²) < 4.78 is 16.0. The maximum Gasteiger partial charge on any atom is 0.330 e. The van der Waals surface area contributed by atoms with Gasteiger partial charge in [-0.25, -0.2) is 4.79 Å². The summed E-state index contributed by atoms with van der Waals surface area (Å²) in [6, 6.07) is 0. The molecule has 0 radical (unpaired) electrons. The van der Waals surface area contributed by atoms with Crippen molar-refractivity contribution in [2.75, 3.05) is 13.2 Å². The number of esters is 1. The highest BCUT2D eigenvalue weighted by atomic mass is 16.6. The van der Waals surface area contributed by atoms with Crippen molar-refractivity contribution >= 4 is 11.9 Å². The van der Waals surface area contributed by atoms with E-state index in [0.29, 0.717) is 13.2 Å². The Hall–Kier alpha value is -1.40. The predicted molar refractivity (Wildman–Crippen MR) is 55.4 cm³/mol. The minimum absolute atomic E-state index is 0.0239. The van der Waals surface area contributed by atoms with Crippen molar-refractivity contribution in [3.05, 3.63) is 12.2 Å². The Labute approximate surface area is 98.1 Å². The number of rotatable bonds is 4. The first-order chi connectivity index (χ1) is 8.16. The Morgan fingerprint density at radius 1 is 1.41 bits per heavy atom. The minimum atomic E-state index is -0.988. The van der Waals surface area contributed by atoms with Crippen molar-refractivity contribution in [3.8, 4) is 0 Å². The van der Waals surface area contributed by atoms with Gasteiger partial charge in [-0.2, -0.15) is 0 Å². The Morgan fingerprint density at radius 2 is 2.24 bits per heavy atom. The van der Waals surface area contributed by atoms with Gasteiger partial charge < -0.3 is 19.3 Å². The second kappa shape index (κ2) is 5.29. The average Bonchev–Trinajstić information content (AvgIpc) is 2.82. The lowest BCUT2D eigenvalue weighted by Gasteiger charge is -2.15. The fourth-order valence-corrected chi connectivity index (χ4v) is 1.98. The molecule has 2 fully saturated rings. The van der Waals surface area contributed by atoms with Crippen molar-refractivity contribution in [3.63, 3.8) is 0 Å². The molecule has 2 aliphatic heterocycles. The van der Waals surface area contributed by atoms with Crippen molar-refractivity contribution in [2.45, 2.75) is 31.2 Å². The largest absolute Gasteiger partial charge is 0.481 e. The molecule has 0 aromatic heterocycles. The second-order valence-electron chi connectivity index (χ2n) is 3.97. The molecule has 1 N–H and O–H groups in total. The van der Waals surface area contributed by atoms with E-state index in [1.165, 1.54) is 6.08 Å². The van der Waals surface area contributed by atoms with E-state index in [-0.39, 0.29) is 24.7 Å². The SMILES string of the molecule is O=C(O)CC=CC(=O)OC1COC2CCOC21. The second-order valence-corrected chi connectivity index (χ2v) is 3.97. The molecule has 2 aliphatic rings. The van der Waals surface area contributed by atoms with Gasteiger partial charge in [-0.15, -0.1) is 0 Å². The van der Waals surface area contributed by atoms with Crippen LogP contribution in [0.2, 0.25) is 0 Å². The molecule has 17 heavy (non-hydrogen) atoms. The van der Waals surface area contributed by atoms with Crippen LogP contribution in [0, 0.1) is 0 Å². The zero-order valence-electron chi connectivity index (χ0n) is 9.20. The van der Waals surface area contributed by atoms with Gasteiger partial charge in [0.05, 0.1) is 19.1 Å². The molecule has 3 unspecified atom stereocenters. The Morgan fingerprint density at radius 3 is 3.00 bits per heavy atom. The van der Waals surface area contributed by atoms with Gasteiger partial charge in [-0.05, 0) is 6.42 Å². The first-order valence-electron chi connectivity index (χ1n) is 5.49. The summed E-state index contributed by atoms with van der Waals surface area (Å²) in [6.07, 6.45) is 2.48. The number of hydrogen-bond acceptors (Lipinski definition) is 5. The minimum Gasteiger partial charge on any atom is -0.481 e. The summed E-state index contributed by atoms with van der Waals surface area (Å²) in [5.74, 6) is -1.55. The van der Waals surface area contributed by atoms with Gasteiger partial charge in [0.15, 0.2) is 6.10 Å². The molecule has 0 amide bonds. The molecule has 3 atom stereocenters. The van der Waals surface area contributed by atoms with E-state index in [0.717, 1.165) is 12.5 Å². The van der Waals surface area contributed by atoms with Crippen LogP contribution in [-0.2, 0) is 23.8 Å². The summed E-state index contributed by atoms with van der Waals surface area (Å²) in [4.78, 5) is 21.6. The number of fused-ring (bicyclic) bond motifs is 1. The van der Waals surface area contributed by atoms with E-state index >= 15 is 0 Å². The smallest absolute Gasteiger partial charge is 0.330 e. The lowest BCUT2D eigenvalue weighted by molar-refractivity contribution is -0.147.